The van der Waals surface area contributed by atoms with Gasteiger partial charge >= 0.3 is 5.97 Å². The molecule has 0 aromatic heterocycles. The molecule has 0 saturated heterocycles. The minimum atomic E-state index is -0.754. The van der Waals surface area contributed by atoms with Crippen molar-refractivity contribution in [2.45, 2.75) is 19.8 Å². The highest BCUT2D eigenvalue weighted by Gasteiger charge is 2.36. The van der Waals surface area contributed by atoms with Crippen LogP contribution in [0.5, 0.6) is 5.75 Å². The van der Waals surface area contributed by atoms with Gasteiger partial charge in [-0.25, -0.2) is 4.79 Å². The second-order valence-corrected chi connectivity index (χ2v) is 6.66. The van der Waals surface area contributed by atoms with Crippen LogP contribution in [0.25, 0.3) is 0 Å². The van der Waals surface area contributed by atoms with Gasteiger partial charge in [-0.15, -0.1) is 0 Å². The van der Waals surface area contributed by atoms with E-state index in [2.05, 4.69) is 31.9 Å². The number of allylic oxidation sites excluding steroid dienone is 2. The Labute approximate surface area is 155 Å². The van der Waals surface area contributed by atoms with Gasteiger partial charge < -0.3 is 20.3 Å². The molecule has 1 aliphatic heterocycles. The molecule has 0 bridgehead atoms. The van der Waals surface area contributed by atoms with Crippen molar-refractivity contribution in [2.24, 2.45) is 5.73 Å². The number of ether oxygens (including phenoxy) is 2. The summed E-state index contributed by atoms with van der Waals surface area (Å²) in [7, 11) is 0. The summed E-state index contributed by atoms with van der Waals surface area (Å²) in [6.45, 7) is 3.47. The zero-order chi connectivity index (χ0) is 18.0. The normalized spacial score (nSPS) is 17.4. The number of esters is 1. The van der Waals surface area contributed by atoms with E-state index in [1.165, 1.54) is 0 Å². The van der Waals surface area contributed by atoms with Crippen LogP contribution in [0.1, 0.15) is 25.3 Å². The predicted molar refractivity (Wildman–Crippen MR) is 93.5 cm³/mol. The number of phenols is 1. The monoisotopic (exact) mass is 456 g/mol. The molecule has 24 heavy (non-hydrogen) atoms. The van der Waals surface area contributed by atoms with Crippen LogP contribution in [0, 0.1) is 11.3 Å². The zero-order valence-corrected chi connectivity index (χ0v) is 16.1. The molecule has 1 atom stereocenters. The molecule has 126 valence electrons. The van der Waals surface area contributed by atoms with E-state index < -0.39 is 11.9 Å². The summed E-state index contributed by atoms with van der Waals surface area (Å²) in [5.74, 6) is -1.11. The fourth-order valence-corrected chi connectivity index (χ4v) is 3.66. The van der Waals surface area contributed by atoms with Gasteiger partial charge in [-0.2, -0.15) is 5.26 Å². The van der Waals surface area contributed by atoms with Crippen LogP contribution in [-0.2, 0) is 14.3 Å². The van der Waals surface area contributed by atoms with Crippen LogP contribution in [0.15, 0.2) is 43.9 Å². The maximum atomic E-state index is 12.4. The summed E-state index contributed by atoms with van der Waals surface area (Å²) in [4.78, 5) is 12.4. The molecule has 6 nitrogen and oxygen atoms in total. The number of phenolic OH excluding ortho intramolecular Hbond substituents is 1. The molecule has 1 aromatic carbocycles. The standard InChI is InChI=1S/C16H14Br2N2O4/c1-3-23-16(22)12-7(2)24-15(20)9(6-19)13(12)8-4-10(17)14(21)11(18)5-8/h4-5,13,21H,3,20H2,1-2H3. The molecule has 8 heteroatoms. The molecule has 0 aliphatic carbocycles. The number of carbonyl (C=O) groups excluding carboxylic acids is 1. The maximum absolute atomic E-state index is 12.4. The Kier molecular flexibility index (Phi) is 5.57. The van der Waals surface area contributed by atoms with E-state index in [1.807, 2.05) is 6.07 Å². The van der Waals surface area contributed by atoms with Crippen LogP contribution in [0.2, 0.25) is 0 Å². The Bertz CT molecular complexity index is 786. The molecular weight excluding hydrogens is 444 g/mol. The van der Waals surface area contributed by atoms with Crippen molar-refractivity contribution in [1.82, 2.24) is 0 Å². The van der Waals surface area contributed by atoms with Crippen LogP contribution >= 0.6 is 31.9 Å². The number of nitriles is 1. The zero-order valence-electron chi connectivity index (χ0n) is 12.9. The summed E-state index contributed by atoms with van der Waals surface area (Å²) in [6.07, 6.45) is 0. The lowest BCUT2D eigenvalue weighted by Crippen LogP contribution is -2.25. The van der Waals surface area contributed by atoms with E-state index in [0.29, 0.717) is 14.5 Å². The van der Waals surface area contributed by atoms with Gasteiger partial charge in [-0.3, -0.25) is 0 Å². The summed E-state index contributed by atoms with van der Waals surface area (Å²) >= 11 is 6.50. The van der Waals surface area contributed by atoms with Crippen LogP contribution < -0.4 is 5.73 Å². The van der Waals surface area contributed by atoms with Gasteiger partial charge in [0, 0.05) is 0 Å². The van der Waals surface area contributed by atoms with E-state index in [-0.39, 0.29) is 35.1 Å². The average molecular weight is 458 g/mol. The van der Waals surface area contributed by atoms with Gasteiger partial charge in [0.15, 0.2) is 0 Å². The highest BCUT2D eigenvalue weighted by atomic mass is 79.9. The first-order valence-corrected chi connectivity index (χ1v) is 8.53. The smallest absolute Gasteiger partial charge is 0.338 e. The molecule has 0 spiro atoms. The first-order valence-electron chi connectivity index (χ1n) is 6.95. The second kappa shape index (κ2) is 7.28. The minimum absolute atomic E-state index is 0.0136. The number of nitrogens with two attached hydrogens (primary N) is 1. The molecule has 1 heterocycles. The number of nitrogens with zero attached hydrogens (tertiary/aromatic N) is 1. The van der Waals surface area contributed by atoms with E-state index in [4.69, 9.17) is 15.2 Å². The molecule has 1 unspecified atom stereocenters. The number of carbonyl (C=O) groups is 1. The molecule has 0 radical (unpaired) electrons. The number of aromatic hydroxyl groups is 1. The summed E-state index contributed by atoms with van der Waals surface area (Å²) in [5, 5.41) is 19.4. The lowest BCUT2D eigenvalue weighted by atomic mass is 9.83. The van der Waals surface area contributed by atoms with E-state index in [0.717, 1.165) is 0 Å². The fourth-order valence-electron chi connectivity index (χ4n) is 2.44. The fraction of sp³-hybridized carbons (Fsp3) is 0.250. The Morgan fingerprint density at radius 3 is 2.54 bits per heavy atom. The lowest BCUT2D eigenvalue weighted by Gasteiger charge is -2.27. The van der Waals surface area contributed by atoms with E-state index >= 15 is 0 Å². The molecule has 3 N–H and O–H groups in total. The maximum Gasteiger partial charge on any atom is 0.338 e. The first kappa shape index (κ1) is 18.4. The van der Waals surface area contributed by atoms with Crippen molar-refractivity contribution < 1.29 is 19.4 Å². The Morgan fingerprint density at radius 1 is 1.46 bits per heavy atom. The average Bonchev–Trinajstić information content (AvgIpc) is 2.51. The summed E-state index contributed by atoms with van der Waals surface area (Å²) in [5.41, 5.74) is 6.71. The highest BCUT2D eigenvalue weighted by molar-refractivity contribution is 9.11. The third kappa shape index (κ3) is 3.28. The topological polar surface area (TPSA) is 106 Å². The highest BCUT2D eigenvalue weighted by Crippen LogP contribution is 2.43. The van der Waals surface area contributed by atoms with Crippen LogP contribution in [0.4, 0.5) is 0 Å². The van der Waals surface area contributed by atoms with Gasteiger partial charge in [0.2, 0.25) is 5.88 Å². The number of rotatable bonds is 3. The molecule has 1 aliphatic rings. The predicted octanol–water partition coefficient (Wildman–Crippen LogP) is 3.56. The number of benzene rings is 1. The van der Waals surface area contributed by atoms with Crippen LogP contribution in [-0.4, -0.2) is 17.7 Å². The van der Waals surface area contributed by atoms with Gasteiger partial charge in [-0.05, 0) is 63.4 Å². The third-order valence-electron chi connectivity index (χ3n) is 3.47. The van der Waals surface area contributed by atoms with Crippen molar-refractivity contribution in [3.63, 3.8) is 0 Å². The number of halogens is 2. The van der Waals surface area contributed by atoms with Crippen molar-refractivity contribution in [3.8, 4) is 11.8 Å². The Morgan fingerprint density at radius 2 is 2.04 bits per heavy atom. The minimum Gasteiger partial charge on any atom is -0.506 e. The summed E-state index contributed by atoms with van der Waals surface area (Å²) in [6, 6.07) is 5.23. The third-order valence-corrected chi connectivity index (χ3v) is 4.68. The Balaban J connectivity index is 2.69. The molecule has 0 amide bonds. The van der Waals surface area contributed by atoms with Crippen molar-refractivity contribution in [2.75, 3.05) is 6.61 Å². The summed E-state index contributed by atoms with van der Waals surface area (Å²) < 4.78 is 11.3. The van der Waals surface area contributed by atoms with Gasteiger partial charge in [0.25, 0.3) is 0 Å². The van der Waals surface area contributed by atoms with Crippen molar-refractivity contribution >= 4 is 37.8 Å². The molecule has 2 rings (SSSR count). The quantitative estimate of drug-likeness (QED) is 0.672. The van der Waals surface area contributed by atoms with Crippen molar-refractivity contribution in [1.29, 1.82) is 5.26 Å². The molecular formula is C16H14Br2N2O4. The van der Waals surface area contributed by atoms with E-state index in [1.54, 1.807) is 26.0 Å². The largest absolute Gasteiger partial charge is 0.506 e. The van der Waals surface area contributed by atoms with E-state index in [9.17, 15) is 15.2 Å². The molecule has 0 saturated carbocycles. The molecule has 1 aromatic rings. The SMILES string of the molecule is CCOC(=O)C1=C(C)OC(N)=C(C#N)C1c1cc(Br)c(O)c(Br)c1. The molecule has 0 fully saturated rings. The van der Waals surface area contributed by atoms with Gasteiger partial charge in [-0.1, -0.05) is 0 Å². The van der Waals surface area contributed by atoms with Gasteiger partial charge in [0.05, 0.1) is 27.0 Å². The second-order valence-electron chi connectivity index (χ2n) is 4.95. The number of hydrogen-bond donors (Lipinski definition) is 2. The lowest BCUT2D eigenvalue weighted by molar-refractivity contribution is -0.139. The van der Waals surface area contributed by atoms with Crippen molar-refractivity contribution in [3.05, 3.63) is 49.4 Å². The number of hydrogen-bond acceptors (Lipinski definition) is 6. The first-order chi connectivity index (χ1) is 11.3. The van der Waals surface area contributed by atoms with Crippen LogP contribution in [0.3, 0.4) is 0 Å². The Hall–Kier alpha value is -1.98. The van der Waals surface area contributed by atoms with Gasteiger partial charge in [0.1, 0.15) is 23.2 Å².